The van der Waals surface area contributed by atoms with Gasteiger partial charge in [0.25, 0.3) is 0 Å². The van der Waals surface area contributed by atoms with Crippen LogP contribution in [0.5, 0.6) is 0 Å². The second-order valence-electron chi connectivity index (χ2n) is 2.72. The van der Waals surface area contributed by atoms with Crippen LogP contribution in [-0.4, -0.2) is 16.5 Å². The Morgan fingerprint density at radius 3 is 2.92 bits per heavy atom. The van der Waals surface area contributed by atoms with Crippen LogP contribution in [0.2, 0.25) is 0 Å². The summed E-state index contributed by atoms with van der Waals surface area (Å²) < 4.78 is 0. The van der Waals surface area contributed by atoms with Gasteiger partial charge in [-0.25, -0.2) is 0 Å². The summed E-state index contributed by atoms with van der Waals surface area (Å²) in [6, 6.07) is 6.22. The van der Waals surface area contributed by atoms with E-state index in [0.29, 0.717) is 0 Å². The van der Waals surface area contributed by atoms with Gasteiger partial charge in [0.2, 0.25) is 0 Å². The fourth-order valence-corrected chi connectivity index (χ4v) is 1.70. The first kappa shape index (κ1) is 9.59. The molecule has 1 nitrogen and oxygen atoms in total. The number of rotatable bonds is 4. The van der Waals surface area contributed by atoms with Crippen LogP contribution in [0, 0.1) is 6.92 Å². The van der Waals surface area contributed by atoms with Gasteiger partial charge in [0.1, 0.15) is 0 Å². The van der Waals surface area contributed by atoms with Crippen LogP contribution in [0.1, 0.15) is 18.3 Å². The highest BCUT2D eigenvalue weighted by molar-refractivity contribution is 7.99. The Balaban J connectivity index is 2.41. The van der Waals surface area contributed by atoms with Gasteiger partial charge in [-0.05, 0) is 37.0 Å². The van der Waals surface area contributed by atoms with Crippen molar-refractivity contribution in [3.8, 4) is 0 Å². The lowest BCUT2D eigenvalue weighted by molar-refractivity contribution is 1.01. The van der Waals surface area contributed by atoms with Gasteiger partial charge in [0, 0.05) is 11.4 Å². The van der Waals surface area contributed by atoms with Crippen molar-refractivity contribution >= 4 is 11.8 Å². The molecule has 0 atom stereocenters. The molecule has 66 valence electrons. The zero-order chi connectivity index (χ0) is 8.81. The van der Waals surface area contributed by atoms with Gasteiger partial charge in [0.05, 0.1) is 0 Å². The molecule has 0 radical (unpaired) electrons. The third-order valence-electron chi connectivity index (χ3n) is 1.65. The van der Waals surface area contributed by atoms with E-state index in [2.05, 4.69) is 24.0 Å². The van der Waals surface area contributed by atoms with Crippen molar-refractivity contribution in [1.29, 1.82) is 0 Å². The normalized spacial score (nSPS) is 10.2. The monoisotopic (exact) mass is 181 g/mol. The molecule has 1 aromatic rings. The molecular weight excluding hydrogens is 166 g/mol. The van der Waals surface area contributed by atoms with E-state index < -0.39 is 0 Å². The molecular formula is C10H15NS. The van der Waals surface area contributed by atoms with Crippen LogP contribution in [0.3, 0.4) is 0 Å². The number of hydrogen-bond acceptors (Lipinski definition) is 2. The van der Waals surface area contributed by atoms with Crippen LogP contribution >= 0.6 is 11.8 Å². The standard InChI is InChI=1S/C10H15NS/c1-3-12-8-7-10-6-4-5-9(2)11-10/h4-6H,3,7-8H2,1-2H3. The molecule has 0 aromatic carbocycles. The van der Waals surface area contributed by atoms with Crippen LogP contribution in [0.25, 0.3) is 0 Å². The number of pyridine rings is 1. The molecule has 0 unspecified atom stereocenters. The fourth-order valence-electron chi connectivity index (χ4n) is 1.06. The summed E-state index contributed by atoms with van der Waals surface area (Å²) >= 11 is 1.97. The molecule has 0 bridgehead atoms. The number of aryl methyl sites for hydroxylation is 2. The number of thioether (sulfide) groups is 1. The maximum Gasteiger partial charge on any atom is 0.0415 e. The van der Waals surface area contributed by atoms with Gasteiger partial charge in [-0.3, -0.25) is 4.98 Å². The minimum Gasteiger partial charge on any atom is -0.258 e. The van der Waals surface area contributed by atoms with Crippen molar-refractivity contribution in [3.63, 3.8) is 0 Å². The van der Waals surface area contributed by atoms with E-state index in [4.69, 9.17) is 0 Å². The molecule has 0 saturated carbocycles. The van der Waals surface area contributed by atoms with Crippen LogP contribution in [-0.2, 0) is 6.42 Å². The topological polar surface area (TPSA) is 12.9 Å². The van der Waals surface area contributed by atoms with Crippen LogP contribution in [0.4, 0.5) is 0 Å². The van der Waals surface area contributed by atoms with Crippen molar-refractivity contribution < 1.29 is 0 Å². The summed E-state index contributed by atoms with van der Waals surface area (Å²) in [4.78, 5) is 4.43. The van der Waals surface area contributed by atoms with E-state index in [0.717, 1.165) is 12.1 Å². The van der Waals surface area contributed by atoms with Gasteiger partial charge in [-0.2, -0.15) is 11.8 Å². The molecule has 1 rings (SSSR count). The highest BCUT2D eigenvalue weighted by Gasteiger charge is 1.93. The Bertz CT molecular complexity index is 235. The average Bonchev–Trinajstić information content (AvgIpc) is 2.05. The lowest BCUT2D eigenvalue weighted by Crippen LogP contribution is -1.93. The minimum absolute atomic E-state index is 1.10. The number of aromatic nitrogens is 1. The lowest BCUT2D eigenvalue weighted by Gasteiger charge is -2.00. The largest absolute Gasteiger partial charge is 0.258 e. The molecule has 0 amide bonds. The third kappa shape index (κ3) is 3.26. The number of nitrogens with zero attached hydrogens (tertiary/aromatic N) is 1. The molecule has 0 fully saturated rings. The van der Waals surface area contributed by atoms with Crippen LogP contribution in [0.15, 0.2) is 18.2 Å². The summed E-state index contributed by atoms with van der Waals surface area (Å²) in [5.41, 5.74) is 2.34. The van der Waals surface area contributed by atoms with E-state index in [-0.39, 0.29) is 0 Å². The maximum atomic E-state index is 4.43. The summed E-state index contributed by atoms with van der Waals surface area (Å²) in [5, 5.41) is 0. The molecule has 0 N–H and O–H groups in total. The van der Waals surface area contributed by atoms with Gasteiger partial charge in [-0.1, -0.05) is 13.0 Å². The summed E-state index contributed by atoms with van der Waals surface area (Å²) in [6.45, 7) is 4.23. The average molecular weight is 181 g/mol. The smallest absolute Gasteiger partial charge is 0.0415 e. The van der Waals surface area contributed by atoms with Gasteiger partial charge < -0.3 is 0 Å². The summed E-state index contributed by atoms with van der Waals surface area (Å²) in [6.07, 6.45) is 1.10. The van der Waals surface area contributed by atoms with Crippen molar-refractivity contribution in [2.24, 2.45) is 0 Å². The molecule has 2 heteroatoms. The Morgan fingerprint density at radius 2 is 2.25 bits per heavy atom. The zero-order valence-corrected chi connectivity index (χ0v) is 8.53. The van der Waals surface area contributed by atoms with E-state index in [9.17, 15) is 0 Å². The summed E-state index contributed by atoms with van der Waals surface area (Å²) in [7, 11) is 0. The van der Waals surface area contributed by atoms with E-state index in [1.54, 1.807) is 0 Å². The molecule has 1 heterocycles. The Morgan fingerprint density at radius 1 is 1.42 bits per heavy atom. The Hall–Kier alpha value is -0.500. The first-order valence-corrected chi connectivity index (χ1v) is 5.48. The first-order chi connectivity index (χ1) is 5.83. The second-order valence-corrected chi connectivity index (χ2v) is 4.11. The van der Waals surface area contributed by atoms with E-state index >= 15 is 0 Å². The Kier molecular flexibility index (Phi) is 4.15. The van der Waals surface area contributed by atoms with Gasteiger partial charge >= 0.3 is 0 Å². The minimum atomic E-state index is 1.10. The fraction of sp³-hybridized carbons (Fsp3) is 0.500. The first-order valence-electron chi connectivity index (χ1n) is 4.33. The van der Waals surface area contributed by atoms with Crippen molar-refractivity contribution in [1.82, 2.24) is 4.98 Å². The SMILES string of the molecule is CCSCCc1cccc(C)n1. The second kappa shape index (κ2) is 5.20. The molecule has 0 aliphatic carbocycles. The lowest BCUT2D eigenvalue weighted by atomic mass is 10.3. The van der Waals surface area contributed by atoms with Crippen molar-refractivity contribution in [3.05, 3.63) is 29.6 Å². The predicted molar refractivity (Wildman–Crippen MR) is 55.7 cm³/mol. The molecule has 0 spiro atoms. The van der Waals surface area contributed by atoms with Crippen molar-refractivity contribution in [2.45, 2.75) is 20.3 Å². The molecule has 0 aliphatic rings. The van der Waals surface area contributed by atoms with Crippen LogP contribution < -0.4 is 0 Å². The predicted octanol–water partition coefficient (Wildman–Crippen LogP) is 2.69. The third-order valence-corrected chi connectivity index (χ3v) is 2.55. The van der Waals surface area contributed by atoms with E-state index in [1.165, 1.54) is 17.2 Å². The van der Waals surface area contributed by atoms with Gasteiger partial charge in [-0.15, -0.1) is 0 Å². The van der Waals surface area contributed by atoms with E-state index in [1.807, 2.05) is 24.8 Å². The number of hydrogen-bond donors (Lipinski definition) is 0. The molecule has 0 saturated heterocycles. The Labute approximate surface area is 78.6 Å². The summed E-state index contributed by atoms with van der Waals surface area (Å²) in [5.74, 6) is 2.39. The maximum absolute atomic E-state index is 4.43. The highest BCUT2D eigenvalue weighted by atomic mass is 32.2. The molecule has 12 heavy (non-hydrogen) atoms. The quantitative estimate of drug-likeness (QED) is 0.662. The van der Waals surface area contributed by atoms with Gasteiger partial charge in [0.15, 0.2) is 0 Å². The molecule has 1 aromatic heterocycles. The highest BCUT2D eigenvalue weighted by Crippen LogP contribution is 2.04. The van der Waals surface area contributed by atoms with Crippen molar-refractivity contribution in [2.75, 3.05) is 11.5 Å². The zero-order valence-electron chi connectivity index (χ0n) is 7.71. The molecule has 0 aliphatic heterocycles.